The molecule has 1 aromatic carbocycles. The van der Waals surface area contributed by atoms with Crippen LogP contribution in [0.4, 0.5) is 17.6 Å². The molecule has 0 saturated carbocycles. The first kappa shape index (κ1) is 16.3. The number of hydrogen-bond donors (Lipinski definition) is 2. The van der Waals surface area contributed by atoms with Gasteiger partial charge in [-0.3, -0.25) is 0 Å². The maximum atomic E-state index is 5.80. The third kappa shape index (κ3) is 4.23. The van der Waals surface area contributed by atoms with E-state index in [-0.39, 0.29) is 5.95 Å². The topological polar surface area (TPSA) is 94.5 Å². The number of benzene rings is 1. The van der Waals surface area contributed by atoms with Crippen molar-refractivity contribution in [3.63, 3.8) is 0 Å². The average Bonchev–Trinajstić information content (AvgIpc) is 3.03. The number of thioether (sulfide) groups is 1. The predicted molar refractivity (Wildman–Crippen MR) is 96.9 cm³/mol. The molecule has 3 N–H and O–H groups in total. The number of aryl methyl sites for hydroxylation is 1. The minimum Gasteiger partial charge on any atom is -0.368 e. The first-order valence-electron chi connectivity index (χ1n) is 7.65. The number of anilines is 3. The number of aromatic nitrogens is 5. The van der Waals surface area contributed by atoms with Crippen molar-refractivity contribution in [2.24, 2.45) is 0 Å². The van der Waals surface area contributed by atoms with E-state index in [0.717, 1.165) is 23.8 Å². The molecule has 8 heteroatoms. The molecule has 2 heterocycles. The van der Waals surface area contributed by atoms with Gasteiger partial charge >= 0.3 is 0 Å². The van der Waals surface area contributed by atoms with E-state index in [1.54, 1.807) is 11.8 Å². The van der Waals surface area contributed by atoms with Gasteiger partial charge in [0.2, 0.25) is 11.9 Å². The number of para-hydroxylation sites is 1. The Morgan fingerprint density at radius 1 is 1.12 bits per heavy atom. The average molecular weight is 341 g/mol. The third-order valence-electron chi connectivity index (χ3n) is 3.33. The summed E-state index contributed by atoms with van der Waals surface area (Å²) in [5.41, 5.74) is 6.71. The fourth-order valence-corrected chi connectivity index (χ4v) is 3.05. The number of imidazole rings is 1. The van der Waals surface area contributed by atoms with Crippen LogP contribution >= 0.6 is 11.8 Å². The number of nitrogens with two attached hydrogens (primary N) is 1. The summed E-state index contributed by atoms with van der Waals surface area (Å²) in [7, 11) is 0. The van der Waals surface area contributed by atoms with Gasteiger partial charge in [0.1, 0.15) is 11.6 Å². The monoisotopic (exact) mass is 341 g/mol. The van der Waals surface area contributed by atoms with E-state index in [0.29, 0.717) is 17.5 Å². The summed E-state index contributed by atoms with van der Waals surface area (Å²) in [6.45, 7) is 3.02. The van der Waals surface area contributed by atoms with Gasteiger partial charge in [0.25, 0.3) is 0 Å². The largest absolute Gasteiger partial charge is 0.368 e. The molecule has 0 bridgehead atoms. The van der Waals surface area contributed by atoms with Gasteiger partial charge in [0, 0.05) is 24.6 Å². The van der Waals surface area contributed by atoms with Crippen molar-refractivity contribution < 1.29 is 0 Å². The lowest BCUT2D eigenvalue weighted by atomic mass is 10.3. The zero-order valence-corrected chi connectivity index (χ0v) is 14.2. The molecule has 3 rings (SSSR count). The molecule has 3 aromatic rings. The molecule has 0 saturated heterocycles. The van der Waals surface area contributed by atoms with Crippen LogP contribution < -0.4 is 11.1 Å². The summed E-state index contributed by atoms with van der Waals surface area (Å²) in [5, 5.41) is 3.14. The summed E-state index contributed by atoms with van der Waals surface area (Å²) in [5.74, 6) is 3.82. The standard InChI is InChI=1S/C16H19N7S/c1-2-23-9-8-18-14(23)11-24-10-13-20-15(17)22-16(21-13)19-12-6-4-3-5-7-12/h3-9H,2,10-11H2,1H3,(H3,17,19,20,21,22). The molecule has 0 aliphatic carbocycles. The van der Waals surface area contributed by atoms with Crippen LogP contribution in [0, 0.1) is 0 Å². The van der Waals surface area contributed by atoms with Crippen LogP contribution in [-0.4, -0.2) is 24.5 Å². The molecule has 0 amide bonds. The molecule has 24 heavy (non-hydrogen) atoms. The molecular weight excluding hydrogens is 322 g/mol. The summed E-state index contributed by atoms with van der Waals surface area (Å²) in [4.78, 5) is 17.1. The van der Waals surface area contributed by atoms with Gasteiger partial charge in [-0.05, 0) is 19.1 Å². The molecule has 0 spiro atoms. The smallest absolute Gasteiger partial charge is 0.232 e. The molecule has 0 aliphatic rings. The lowest BCUT2D eigenvalue weighted by molar-refractivity contribution is 0.725. The summed E-state index contributed by atoms with van der Waals surface area (Å²) in [6.07, 6.45) is 3.81. The summed E-state index contributed by atoms with van der Waals surface area (Å²) >= 11 is 1.70. The van der Waals surface area contributed by atoms with Crippen molar-refractivity contribution in [1.82, 2.24) is 24.5 Å². The van der Waals surface area contributed by atoms with Gasteiger partial charge in [-0.25, -0.2) is 4.98 Å². The van der Waals surface area contributed by atoms with Gasteiger partial charge in [-0.15, -0.1) is 11.8 Å². The molecule has 0 fully saturated rings. The highest BCUT2D eigenvalue weighted by molar-refractivity contribution is 7.97. The Balaban J connectivity index is 1.63. The van der Waals surface area contributed by atoms with Gasteiger partial charge < -0.3 is 15.6 Å². The fraction of sp³-hybridized carbons (Fsp3) is 0.250. The Hall–Kier alpha value is -2.61. The zero-order valence-electron chi connectivity index (χ0n) is 13.4. The quantitative estimate of drug-likeness (QED) is 0.682. The van der Waals surface area contributed by atoms with E-state index >= 15 is 0 Å². The van der Waals surface area contributed by atoms with Gasteiger partial charge in [-0.2, -0.15) is 15.0 Å². The zero-order chi connectivity index (χ0) is 16.8. The van der Waals surface area contributed by atoms with Gasteiger partial charge in [-0.1, -0.05) is 18.2 Å². The second kappa shape index (κ2) is 7.78. The van der Waals surface area contributed by atoms with E-state index in [2.05, 4.69) is 36.7 Å². The van der Waals surface area contributed by atoms with E-state index in [1.165, 1.54) is 0 Å². The van der Waals surface area contributed by atoms with Gasteiger partial charge in [0.15, 0.2) is 0 Å². The van der Waals surface area contributed by atoms with Crippen molar-refractivity contribution in [3.05, 3.63) is 54.4 Å². The fourth-order valence-electron chi connectivity index (χ4n) is 2.21. The minimum absolute atomic E-state index is 0.217. The van der Waals surface area contributed by atoms with Crippen molar-refractivity contribution in [2.75, 3.05) is 11.1 Å². The minimum atomic E-state index is 0.217. The number of rotatable bonds is 7. The Kier molecular flexibility index (Phi) is 5.27. The molecule has 0 unspecified atom stereocenters. The number of nitrogen functional groups attached to an aromatic ring is 1. The second-order valence-corrected chi connectivity index (χ2v) is 6.03. The van der Waals surface area contributed by atoms with Crippen LogP contribution in [0.5, 0.6) is 0 Å². The van der Waals surface area contributed by atoms with Crippen LogP contribution in [0.2, 0.25) is 0 Å². The highest BCUT2D eigenvalue weighted by Crippen LogP contribution is 2.18. The summed E-state index contributed by atoms with van der Waals surface area (Å²) < 4.78 is 2.12. The molecule has 0 atom stereocenters. The third-order valence-corrected chi connectivity index (χ3v) is 4.26. The predicted octanol–water partition coefficient (Wildman–Crippen LogP) is 2.85. The van der Waals surface area contributed by atoms with Crippen molar-refractivity contribution in [3.8, 4) is 0 Å². The number of hydrogen-bond acceptors (Lipinski definition) is 7. The Bertz CT molecular complexity index is 788. The van der Waals surface area contributed by atoms with E-state index in [9.17, 15) is 0 Å². The highest BCUT2D eigenvalue weighted by Gasteiger charge is 2.07. The van der Waals surface area contributed by atoms with Crippen molar-refractivity contribution >= 4 is 29.3 Å². The van der Waals surface area contributed by atoms with Gasteiger partial charge in [0.05, 0.1) is 11.5 Å². The molecule has 124 valence electrons. The van der Waals surface area contributed by atoms with Crippen LogP contribution in [0.1, 0.15) is 18.6 Å². The lowest BCUT2D eigenvalue weighted by Crippen LogP contribution is -2.07. The van der Waals surface area contributed by atoms with E-state index in [1.807, 2.05) is 42.7 Å². The SMILES string of the molecule is CCn1ccnc1CSCc1nc(N)nc(Nc2ccccc2)n1. The Morgan fingerprint density at radius 2 is 1.96 bits per heavy atom. The maximum Gasteiger partial charge on any atom is 0.232 e. The van der Waals surface area contributed by atoms with Crippen molar-refractivity contribution in [1.29, 1.82) is 0 Å². The van der Waals surface area contributed by atoms with E-state index < -0.39 is 0 Å². The number of nitrogens with zero attached hydrogens (tertiary/aromatic N) is 5. The van der Waals surface area contributed by atoms with Crippen LogP contribution in [0.25, 0.3) is 0 Å². The molecule has 2 aromatic heterocycles. The molecule has 7 nitrogen and oxygen atoms in total. The van der Waals surface area contributed by atoms with Crippen LogP contribution in [-0.2, 0) is 18.1 Å². The molecular formula is C16H19N7S. The van der Waals surface area contributed by atoms with Crippen LogP contribution in [0.15, 0.2) is 42.7 Å². The Labute approximate surface area is 144 Å². The number of nitrogens with one attached hydrogen (secondary N) is 1. The molecule has 0 radical (unpaired) electrons. The normalized spacial score (nSPS) is 10.7. The second-order valence-electron chi connectivity index (χ2n) is 5.05. The summed E-state index contributed by atoms with van der Waals surface area (Å²) in [6, 6.07) is 9.73. The van der Waals surface area contributed by atoms with Crippen molar-refractivity contribution in [2.45, 2.75) is 25.0 Å². The Morgan fingerprint density at radius 3 is 2.75 bits per heavy atom. The van der Waals surface area contributed by atoms with Crippen LogP contribution in [0.3, 0.4) is 0 Å². The lowest BCUT2D eigenvalue weighted by Gasteiger charge is -2.07. The molecule has 0 aliphatic heterocycles. The maximum absolute atomic E-state index is 5.80. The highest BCUT2D eigenvalue weighted by atomic mass is 32.2. The first-order valence-corrected chi connectivity index (χ1v) is 8.80. The van der Waals surface area contributed by atoms with E-state index in [4.69, 9.17) is 5.73 Å². The first-order chi connectivity index (χ1) is 11.7.